The number of aromatic nitrogens is 1. The van der Waals surface area contributed by atoms with E-state index in [-0.39, 0.29) is 11.4 Å². The van der Waals surface area contributed by atoms with Crippen LogP contribution in [0.4, 0.5) is 5.69 Å². The Hall–Kier alpha value is -3.15. The number of hydrogen-bond donors (Lipinski definition) is 2. The Morgan fingerprint density at radius 1 is 1.32 bits per heavy atom. The summed E-state index contributed by atoms with van der Waals surface area (Å²) in [4.78, 5) is 15.9. The average molecular weight is 337 g/mol. The minimum Gasteiger partial charge on any atom is -0.464 e. The molecule has 3 rings (SSSR count). The highest BCUT2D eigenvalue weighted by atomic mass is 16.5. The fourth-order valence-electron chi connectivity index (χ4n) is 2.59. The van der Waals surface area contributed by atoms with Gasteiger partial charge in [0.2, 0.25) is 0 Å². The second-order valence-corrected chi connectivity index (χ2v) is 5.55. The number of rotatable bonds is 6. The van der Waals surface area contributed by atoms with Crippen LogP contribution >= 0.6 is 0 Å². The molecule has 0 aliphatic heterocycles. The van der Waals surface area contributed by atoms with E-state index in [1.807, 2.05) is 31.2 Å². The van der Waals surface area contributed by atoms with Gasteiger partial charge < -0.3 is 14.5 Å². The molecular formula is C19H19N3O3. The number of ether oxygens (including phenoxy) is 1. The predicted molar refractivity (Wildman–Crippen MR) is 96.5 cm³/mol. The van der Waals surface area contributed by atoms with Crippen LogP contribution in [0.2, 0.25) is 0 Å². The summed E-state index contributed by atoms with van der Waals surface area (Å²) in [6, 6.07) is 9.19. The number of carbonyl (C=O) groups is 1. The van der Waals surface area contributed by atoms with E-state index in [2.05, 4.69) is 10.3 Å². The van der Waals surface area contributed by atoms with Crippen molar-refractivity contribution in [2.24, 2.45) is 0 Å². The van der Waals surface area contributed by atoms with Crippen LogP contribution in [0.3, 0.4) is 0 Å². The zero-order valence-corrected chi connectivity index (χ0v) is 14.1. The molecule has 128 valence electrons. The molecule has 0 amide bonds. The monoisotopic (exact) mass is 337 g/mol. The molecule has 2 N–H and O–H groups in total. The number of anilines is 1. The number of esters is 1. The Morgan fingerprint density at radius 2 is 2.12 bits per heavy atom. The molecule has 2 aromatic heterocycles. The number of nitrogens with zero attached hydrogens (tertiary/aromatic N) is 1. The van der Waals surface area contributed by atoms with Crippen molar-refractivity contribution < 1.29 is 13.9 Å². The van der Waals surface area contributed by atoms with Crippen molar-refractivity contribution in [1.82, 2.24) is 4.98 Å². The molecule has 0 aliphatic carbocycles. The molecular weight excluding hydrogens is 318 g/mol. The summed E-state index contributed by atoms with van der Waals surface area (Å²) in [5.74, 6) is -0.508. The van der Waals surface area contributed by atoms with Crippen LogP contribution in [0.5, 0.6) is 0 Å². The van der Waals surface area contributed by atoms with Crippen LogP contribution in [0, 0.1) is 5.41 Å². The number of methoxy groups -OCH3 is 1. The van der Waals surface area contributed by atoms with Gasteiger partial charge in [0.15, 0.2) is 0 Å². The molecule has 0 fully saturated rings. The van der Waals surface area contributed by atoms with E-state index >= 15 is 0 Å². The van der Waals surface area contributed by atoms with Gasteiger partial charge in [0, 0.05) is 34.9 Å². The third-order valence-corrected chi connectivity index (χ3v) is 3.88. The van der Waals surface area contributed by atoms with Crippen LogP contribution in [0.25, 0.3) is 11.0 Å². The van der Waals surface area contributed by atoms with E-state index < -0.39 is 5.97 Å². The highest BCUT2D eigenvalue weighted by molar-refractivity contribution is 6.19. The molecule has 0 spiro atoms. The predicted octanol–water partition coefficient (Wildman–Crippen LogP) is 3.85. The molecule has 0 saturated heterocycles. The van der Waals surface area contributed by atoms with Crippen molar-refractivity contribution in [3.05, 3.63) is 59.6 Å². The third kappa shape index (κ3) is 3.24. The second-order valence-electron chi connectivity index (χ2n) is 5.55. The summed E-state index contributed by atoms with van der Waals surface area (Å²) >= 11 is 0. The smallest absolute Gasteiger partial charge is 0.356 e. The lowest BCUT2D eigenvalue weighted by molar-refractivity contribution is 0.0594. The maximum Gasteiger partial charge on any atom is 0.356 e. The molecule has 3 aromatic rings. The summed E-state index contributed by atoms with van der Waals surface area (Å²) < 4.78 is 10.3. The molecule has 25 heavy (non-hydrogen) atoms. The van der Waals surface area contributed by atoms with Crippen LogP contribution in [-0.2, 0) is 4.74 Å². The second kappa shape index (κ2) is 7.17. The zero-order chi connectivity index (χ0) is 17.8. The lowest BCUT2D eigenvalue weighted by Gasteiger charge is -2.13. The highest BCUT2D eigenvalue weighted by Crippen LogP contribution is 2.26. The van der Waals surface area contributed by atoms with Gasteiger partial charge in [0.25, 0.3) is 0 Å². The molecule has 0 radical (unpaired) electrons. The first kappa shape index (κ1) is 16.7. The fraction of sp³-hybridized carbons (Fsp3) is 0.211. The average Bonchev–Trinajstić information content (AvgIpc) is 3.09. The van der Waals surface area contributed by atoms with Gasteiger partial charge in [-0.05, 0) is 18.6 Å². The number of pyridine rings is 1. The Kier molecular flexibility index (Phi) is 4.79. The van der Waals surface area contributed by atoms with Crippen molar-refractivity contribution in [3.63, 3.8) is 0 Å². The highest BCUT2D eigenvalue weighted by Gasteiger charge is 2.18. The standard InChI is InChI=1S/C19H19N3O3/c1-3-8-21-15-9-16(19(23)24-2)22-10-13(15)18(20)14-11-25-17-7-5-4-6-12(14)17/h4-7,9-11,20H,3,8H2,1-2H3,(H,21,22). The number of para-hydroxylation sites is 1. The van der Waals surface area contributed by atoms with Gasteiger partial charge in [-0.3, -0.25) is 5.41 Å². The Morgan fingerprint density at radius 3 is 2.88 bits per heavy atom. The third-order valence-electron chi connectivity index (χ3n) is 3.88. The first-order valence-corrected chi connectivity index (χ1v) is 8.03. The van der Waals surface area contributed by atoms with Crippen LogP contribution in [0.1, 0.15) is 35.0 Å². The lowest BCUT2D eigenvalue weighted by atomic mass is 10.0. The maximum absolute atomic E-state index is 11.7. The first-order valence-electron chi connectivity index (χ1n) is 8.03. The number of fused-ring (bicyclic) bond motifs is 1. The van der Waals surface area contributed by atoms with Crippen molar-refractivity contribution in [2.75, 3.05) is 19.0 Å². The summed E-state index contributed by atoms with van der Waals surface area (Å²) in [5.41, 5.74) is 3.18. The molecule has 6 heteroatoms. The summed E-state index contributed by atoms with van der Waals surface area (Å²) in [6.07, 6.45) is 4.01. The normalized spacial score (nSPS) is 10.6. The molecule has 0 atom stereocenters. The SMILES string of the molecule is CCCNc1cc(C(=O)OC)ncc1C(=N)c1coc2ccccc12. The van der Waals surface area contributed by atoms with E-state index in [4.69, 9.17) is 14.6 Å². The van der Waals surface area contributed by atoms with Crippen LogP contribution in [-0.4, -0.2) is 30.3 Å². The van der Waals surface area contributed by atoms with Gasteiger partial charge in [0.1, 0.15) is 17.5 Å². The van der Waals surface area contributed by atoms with Crippen molar-refractivity contribution in [2.45, 2.75) is 13.3 Å². The Balaban J connectivity index is 2.05. The largest absolute Gasteiger partial charge is 0.464 e. The topological polar surface area (TPSA) is 88.2 Å². The Labute approximate surface area is 145 Å². The van der Waals surface area contributed by atoms with E-state index in [0.717, 1.165) is 23.9 Å². The van der Waals surface area contributed by atoms with Crippen LogP contribution < -0.4 is 5.32 Å². The minimum atomic E-state index is -0.508. The number of benzene rings is 1. The molecule has 1 aromatic carbocycles. The fourth-order valence-corrected chi connectivity index (χ4v) is 2.59. The van der Waals surface area contributed by atoms with E-state index in [0.29, 0.717) is 16.8 Å². The molecule has 0 saturated carbocycles. The Bertz CT molecular complexity index is 931. The van der Waals surface area contributed by atoms with Gasteiger partial charge in [-0.2, -0.15) is 0 Å². The number of carbonyl (C=O) groups excluding carboxylic acids is 1. The minimum absolute atomic E-state index is 0.203. The number of nitrogens with one attached hydrogen (secondary N) is 2. The molecule has 2 heterocycles. The summed E-state index contributed by atoms with van der Waals surface area (Å²) in [6.45, 7) is 2.76. The van der Waals surface area contributed by atoms with E-state index in [9.17, 15) is 4.79 Å². The summed E-state index contributed by atoms with van der Waals surface area (Å²) in [5, 5.41) is 12.7. The molecule has 0 bridgehead atoms. The van der Waals surface area contributed by atoms with Gasteiger partial charge in [-0.1, -0.05) is 25.1 Å². The molecule has 0 aliphatic rings. The van der Waals surface area contributed by atoms with Crippen LogP contribution in [0.15, 0.2) is 47.2 Å². The van der Waals surface area contributed by atoms with Gasteiger partial charge in [-0.25, -0.2) is 9.78 Å². The summed E-state index contributed by atoms with van der Waals surface area (Å²) in [7, 11) is 1.32. The van der Waals surface area contributed by atoms with Crippen molar-refractivity contribution in [3.8, 4) is 0 Å². The first-order chi connectivity index (χ1) is 12.2. The molecule has 6 nitrogen and oxygen atoms in total. The van der Waals surface area contributed by atoms with E-state index in [1.165, 1.54) is 13.3 Å². The van der Waals surface area contributed by atoms with E-state index in [1.54, 1.807) is 12.3 Å². The maximum atomic E-state index is 11.7. The zero-order valence-electron chi connectivity index (χ0n) is 14.1. The quantitative estimate of drug-likeness (QED) is 0.527. The molecule has 0 unspecified atom stereocenters. The van der Waals surface area contributed by atoms with Gasteiger partial charge in [0.05, 0.1) is 12.8 Å². The van der Waals surface area contributed by atoms with Gasteiger partial charge >= 0.3 is 5.97 Å². The van der Waals surface area contributed by atoms with Gasteiger partial charge in [-0.15, -0.1) is 0 Å². The van der Waals surface area contributed by atoms with Crippen molar-refractivity contribution in [1.29, 1.82) is 5.41 Å². The number of hydrogen-bond acceptors (Lipinski definition) is 6. The number of furan rings is 1. The lowest BCUT2D eigenvalue weighted by Crippen LogP contribution is -2.12. The van der Waals surface area contributed by atoms with Crippen molar-refractivity contribution >= 4 is 28.3 Å².